The first-order chi connectivity index (χ1) is 9.04. The molecule has 104 valence electrons. The summed E-state index contributed by atoms with van der Waals surface area (Å²) >= 11 is 10.8. The topological polar surface area (TPSA) is 61.5 Å². The Morgan fingerprint density at radius 1 is 1.47 bits per heavy atom. The van der Waals surface area contributed by atoms with Crippen LogP contribution in [-0.4, -0.2) is 24.2 Å². The van der Waals surface area contributed by atoms with Gasteiger partial charge in [0.2, 0.25) is 0 Å². The average molecular weight is 302 g/mol. The molecule has 6 heteroatoms. The van der Waals surface area contributed by atoms with Crippen LogP contribution in [0.2, 0.25) is 5.02 Å². The van der Waals surface area contributed by atoms with Gasteiger partial charge in [-0.2, -0.15) is 0 Å². The highest BCUT2D eigenvalue weighted by Gasteiger charge is 2.07. The predicted molar refractivity (Wildman–Crippen MR) is 78.7 cm³/mol. The van der Waals surface area contributed by atoms with Gasteiger partial charge < -0.3 is 15.2 Å². The fraction of sp³-hybridized carbons (Fsp3) is 0.385. The summed E-state index contributed by atoms with van der Waals surface area (Å²) in [4.78, 5) is 11.5. The van der Waals surface area contributed by atoms with Gasteiger partial charge in [0.05, 0.1) is 11.6 Å². The maximum atomic E-state index is 11.3. The Labute approximate surface area is 122 Å². The van der Waals surface area contributed by atoms with Crippen molar-refractivity contribution in [2.45, 2.75) is 19.8 Å². The van der Waals surface area contributed by atoms with Crippen LogP contribution in [0, 0.1) is 0 Å². The lowest BCUT2D eigenvalue weighted by Gasteiger charge is -2.08. The normalized spacial score (nSPS) is 10.0. The molecule has 2 N–H and O–H groups in total. The molecule has 0 heterocycles. The van der Waals surface area contributed by atoms with E-state index < -0.39 is 5.97 Å². The van der Waals surface area contributed by atoms with E-state index >= 15 is 0 Å². The number of unbranched alkanes of at least 4 members (excludes halogenated alkanes) is 1. The van der Waals surface area contributed by atoms with Gasteiger partial charge >= 0.3 is 5.97 Å². The second kappa shape index (κ2) is 7.96. The van der Waals surface area contributed by atoms with Crippen LogP contribution in [0.1, 0.15) is 25.3 Å². The van der Waals surface area contributed by atoms with Gasteiger partial charge in [0, 0.05) is 5.56 Å². The van der Waals surface area contributed by atoms with E-state index in [0.29, 0.717) is 22.9 Å². The summed E-state index contributed by atoms with van der Waals surface area (Å²) in [5.74, 6) is 0.0698. The van der Waals surface area contributed by atoms with Crippen molar-refractivity contribution in [3.8, 4) is 5.75 Å². The number of hydrogen-bond acceptors (Lipinski definition) is 4. The second-order valence-electron chi connectivity index (χ2n) is 3.87. The molecule has 0 aliphatic carbocycles. The van der Waals surface area contributed by atoms with E-state index in [9.17, 15) is 4.79 Å². The van der Waals surface area contributed by atoms with Crippen LogP contribution in [0.5, 0.6) is 5.75 Å². The zero-order chi connectivity index (χ0) is 14.3. The Kier molecular flexibility index (Phi) is 6.59. The number of ether oxygens (including phenoxy) is 2. The molecule has 0 aliphatic rings. The van der Waals surface area contributed by atoms with Gasteiger partial charge in [-0.3, -0.25) is 0 Å². The van der Waals surface area contributed by atoms with Crippen LogP contribution in [0.3, 0.4) is 0 Å². The molecule has 0 bridgehead atoms. The number of esters is 1. The van der Waals surface area contributed by atoms with Gasteiger partial charge in [0.25, 0.3) is 0 Å². The SMILES string of the molecule is CCCCOC(=O)COc1ccc(C(N)=S)c(Cl)c1. The number of halogens is 1. The maximum absolute atomic E-state index is 11.3. The van der Waals surface area contributed by atoms with Gasteiger partial charge in [-0.15, -0.1) is 0 Å². The third kappa shape index (κ3) is 5.44. The van der Waals surface area contributed by atoms with E-state index in [1.807, 2.05) is 6.92 Å². The average Bonchev–Trinajstić information content (AvgIpc) is 2.36. The fourth-order valence-corrected chi connectivity index (χ4v) is 1.81. The lowest BCUT2D eigenvalue weighted by atomic mass is 10.2. The lowest BCUT2D eigenvalue weighted by molar-refractivity contribution is -0.146. The molecule has 0 aliphatic heterocycles. The molecule has 0 saturated carbocycles. The molecule has 0 unspecified atom stereocenters. The van der Waals surface area contributed by atoms with Crippen molar-refractivity contribution in [1.82, 2.24) is 0 Å². The second-order valence-corrected chi connectivity index (χ2v) is 4.72. The number of benzene rings is 1. The zero-order valence-electron chi connectivity index (χ0n) is 10.6. The minimum atomic E-state index is -0.400. The van der Waals surface area contributed by atoms with Crippen LogP contribution in [-0.2, 0) is 9.53 Å². The van der Waals surface area contributed by atoms with E-state index in [0.717, 1.165) is 12.8 Å². The molecule has 0 saturated heterocycles. The molecule has 4 nitrogen and oxygen atoms in total. The molecule has 1 aromatic rings. The lowest BCUT2D eigenvalue weighted by Crippen LogP contribution is -2.15. The number of nitrogens with two attached hydrogens (primary N) is 1. The number of thiocarbonyl (C=S) groups is 1. The van der Waals surface area contributed by atoms with Crippen molar-refractivity contribution < 1.29 is 14.3 Å². The van der Waals surface area contributed by atoms with Crippen molar-refractivity contribution in [2.24, 2.45) is 5.73 Å². The van der Waals surface area contributed by atoms with E-state index in [1.165, 1.54) is 0 Å². The van der Waals surface area contributed by atoms with Crippen molar-refractivity contribution in [2.75, 3.05) is 13.2 Å². The maximum Gasteiger partial charge on any atom is 0.344 e. The molecule has 0 fully saturated rings. The summed E-state index contributed by atoms with van der Waals surface area (Å²) in [6, 6.07) is 4.87. The summed E-state index contributed by atoms with van der Waals surface area (Å²) < 4.78 is 10.2. The minimum Gasteiger partial charge on any atom is -0.482 e. The van der Waals surface area contributed by atoms with Crippen LogP contribution in [0.4, 0.5) is 0 Å². The van der Waals surface area contributed by atoms with E-state index in [1.54, 1.807) is 18.2 Å². The summed E-state index contributed by atoms with van der Waals surface area (Å²) in [6.45, 7) is 2.29. The molecular weight excluding hydrogens is 286 g/mol. The highest BCUT2D eigenvalue weighted by molar-refractivity contribution is 7.80. The molecule has 1 aromatic carbocycles. The smallest absolute Gasteiger partial charge is 0.344 e. The Morgan fingerprint density at radius 3 is 2.79 bits per heavy atom. The molecule has 0 amide bonds. The first-order valence-corrected chi connectivity index (χ1v) is 6.71. The third-order valence-electron chi connectivity index (χ3n) is 2.32. The quantitative estimate of drug-likeness (QED) is 0.476. The van der Waals surface area contributed by atoms with E-state index in [2.05, 4.69) is 0 Å². The van der Waals surface area contributed by atoms with Gasteiger partial charge in [-0.05, 0) is 24.6 Å². The largest absolute Gasteiger partial charge is 0.482 e. The molecule has 0 atom stereocenters. The van der Waals surface area contributed by atoms with Crippen LogP contribution in [0.25, 0.3) is 0 Å². The van der Waals surface area contributed by atoms with Crippen molar-refractivity contribution >= 4 is 34.8 Å². The highest BCUT2D eigenvalue weighted by Crippen LogP contribution is 2.22. The van der Waals surface area contributed by atoms with Crippen molar-refractivity contribution in [3.63, 3.8) is 0 Å². The molecular formula is C13H16ClNO3S. The van der Waals surface area contributed by atoms with Crippen molar-refractivity contribution in [1.29, 1.82) is 0 Å². The summed E-state index contributed by atoms with van der Waals surface area (Å²) in [6.07, 6.45) is 1.82. The fourth-order valence-electron chi connectivity index (χ4n) is 1.30. The Balaban J connectivity index is 2.48. The Bertz CT molecular complexity index is 465. The summed E-state index contributed by atoms with van der Waals surface area (Å²) in [7, 11) is 0. The minimum absolute atomic E-state index is 0.146. The number of carbonyl (C=O) groups excluding carboxylic acids is 1. The molecule has 0 radical (unpaired) electrons. The highest BCUT2D eigenvalue weighted by atomic mass is 35.5. The van der Waals surface area contributed by atoms with Gasteiger partial charge in [0.1, 0.15) is 10.7 Å². The molecule has 0 aromatic heterocycles. The number of carbonyl (C=O) groups is 1. The predicted octanol–water partition coefficient (Wildman–Crippen LogP) is 2.70. The third-order valence-corrected chi connectivity index (χ3v) is 2.86. The molecule has 1 rings (SSSR count). The van der Waals surface area contributed by atoms with Crippen LogP contribution >= 0.6 is 23.8 Å². The summed E-state index contributed by atoms with van der Waals surface area (Å²) in [5.41, 5.74) is 6.07. The summed E-state index contributed by atoms with van der Waals surface area (Å²) in [5, 5.41) is 0.393. The van der Waals surface area contributed by atoms with Crippen molar-refractivity contribution in [3.05, 3.63) is 28.8 Å². The first kappa shape index (κ1) is 15.7. The van der Waals surface area contributed by atoms with Crippen LogP contribution in [0.15, 0.2) is 18.2 Å². The van der Waals surface area contributed by atoms with Crippen LogP contribution < -0.4 is 10.5 Å². The molecule has 19 heavy (non-hydrogen) atoms. The van der Waals surface area contributed by atoms with E-state index in [-0.39, 0.29) is 11.6 Å². The molecule has 0 spiro atoms. The Hall–Kier alpha value is -1.33. The van der Waals surface area contributed by atoms with Gasteiger partial charge in [-0.1, -0.05) is 37.2 Å². The zero-order valence-corrected chi connectivity index (χ0v) is 12.2. The van der Waals surface area contributed by atoms with Gasteiger partial charge in [-0.25, -0.2) is 4.79 Å². The van der Waals surface area contributed by atoms with Gasteiger partial charge in [0.15, 0.2) is 6.61 Å². The van der Waals surface area contributed by atoms with E-state index in [4.69, 9.17) is 39.0 Å². The number of hydrogen-bond donors (Lipinski definition) is 1. The first-order valence-electron chi connectivity index (χ1n) is 5.92. The number of rotatable bonds is 7. The Morgan fingerprint density at radius 2 is 2.21 bits per heavy atom. The monoisotopic (exact) mass is 301 g/mol. The standard InChI is InChI=1S/C13H16ClNO3S/c1-2-3-6-17-12(16)8-18-9-4-5-10(13(15)19)11(14)7-9/h4-5,7H,2-3,6,8H2,1H3,(H2,15,19).